The second kappa shape index (κ2) is 8.71. The van der Waals surface area contributed by atoms with E-state index in [1.165, 1.54) is 11.8 Å². The summed E-state index contributed by atoms with van der Waals surface area (Å²) in [5.41, 5.74) is 12.6. The lowest BCUT2D eigenvalue weighted by molar-refractivity contribution is -0.332. The number of nitriles is 1. The van der Waals surface area contributed by atoms with Crippen molar-refractivity contribution in [3.05, 3.63) is 52.6 Å². The highest BCUT2D eigenvalue weighted by molar-refractivity contribution is 14.1. The molecule has 1 aromatic heterocycles. The summed E-state index contributed by atoms with van der Waals surface area (Å²) in [5.74, 6) is 0.371. The average molecular weight is 748 g/mol. The minimum Gasteiger partial charge on any atom is -0.370 e. The number of amides is 1. The van der Waals surface area contributed by atoms with Gasteiger partial charge < -0.3 is 20.5 Å². The van der Waals surface area contributed by atoms with E-state index in [9.17, 15) is 10.1 Å². The third-order valence-corrected chi connectivity index (χ3v) is 12.0. The summed E-state index contributed by atoms with van der Waals surface area (Å²) in [6.07, 6.45) is 4.31. The highest BCUT2D eigenvalue weighted by Gasteiger charge is 2.49. The predicted molar refractivity (Wildman–Crippen MR) is 165 cm³/mol. The first kappa shape index (κ1) is 25.4. The number of anilines is 1. The Morgan fingerprint density at radius 1 is 1.31 bits per heavy atom. The second-order valence-electron chi connectivity index (χ2n) is 11.0. The Balaban J connectivity index is 1.35. The lowest BCUT2D eigenvalue weighted by Gasteiger charge is -2.28. The molecule has 3 aromatic rings. The minimum atomic E-state index is -0.537. The lowest BCUT2D eigenvalue weighted by Crippen LogP contribution is -2.50. The van der Waals surface area contributed by atoms with Gasteiger partial charge in [-0.25, -0.2) is 9.37 Å². The number of carbonyl (C=O) groups excluding carboxylic acids is 1. The van der Waals surface area contributed by atoms with Crippen LogP contribution in [0.4, 0.5) is 15.8 Å². The Morgan fingerprint density at radius 3 is 2.74 bits per heavy atom. The van der Waals surface area contributed by atoms with Gasteiger partial charge in [-0.15, -0.1) is 0 Å². The quantitative estimate of drug-likeness (QED) is 0.174. The molecule has 7 rings (SSSR count). The summed E-state index contributed by atoms with van der Waals surface area (Å²) >= 11 is 4.50. The van der Waals surface area contributed by atoms with Gasteiger partial charge in [0.1, 0.15) is 21.1 Å². The van der Waals surface area contributed by atoms with Crippen LogP contribution in [-0.4, -0.2) is 57.2 Å². The molecule has 4 heterocycles. The molecule has 8 nitrogen and oxygen atoms in total. The zero-order chi connectivity index (χ0) is 27.4. The number of halogens is 3. The van der Waals surface area contributed by atoms with Gasteiger partial charge in [-0.1, -0.05) is 45.2 Å². The SMILES string of the molecule is Cn1c(C2=Cc3cc(C#N)cc4c3[N+]2=C(C2CC2)CN4)nc2cc(C(=O)N3C[C@@H](I)[C@](C)(N)[C@H]3I)cc(F)c21. The normalized spacial score (nSPS) is 25.6. The molecule has 3 atom stereocenters. The molecule has 11 heteroatoms. The first-order valence-electron chi connectivity index (χ1n) is 12.8. The zero-order valence-corrected chi connectivity index (χ0v) is 25.6. The van der Waals surface area contributed by atoms with Crippen LogP contribution in [0.1, 0.15) is 47.1 Å². The largest absolute Gasteiger partial charge is 0.370 e. The molecular weight excluding hydrogens is 723 g/mol. The van der Waals surface area contributed by atoms with Crippen molar-refractivity contribution >= 4 is 91.0 Å². The van der Waals surface area contributed by atoms with Crippen LogP contribution in [0.2, 0.25) is 0 Å². The topological polar surface area (TPSA) is 103 Å². The number of hydrogen-bond donors (Lipinski definition) is 2. The standard InChI is InChI=1S/C28H25FI2N7O/c1-28(33)22(30)12-37(27(28)31)26(39)16-7-17(29)24-19(8-16)35-25(36(24)2)20-9-15-5-13(10-32)6-18-23(15)38(20)21(11-34-18)14-3-4-14/h5-9,14,22,27,34H,3-4,11-12,33H2,1-2H3/q+1/t22-,27+,28+/m1/s1. The van der Waals surface area contributed by atoms with Crippen molar-refractivity contribution in [2.45, 2.75) is 33.3 Å². The number of hydrogen-bond acceptors (Lipinski definition) is 5. The smallest absolute Gasteiger partial charge is 0.255 e. The number of likely N-dealkylation sites (tertiary alicyclic amines) is 1. The Kier molecular flexibility index (Phi) is 5.67. The van der Waals surface area contributed by atoms with Gasteiger partial charge in [0.2, 0.25) is 11.5 Å². The van der Waals surface area contributed by atoms with Crippen molar-refractivity contribution in [1.82, 2.24) is 14.5 Å². The number of nitrogens with one attached hydrogen (secondary N) is 1. The van der Waals surface area contributed by atoms with E-state index >= 15 is 4.39 Å². The van der Waals surface area contributed by atoms with E-state index in [2.05, 4.69) is 61.1 Å². The second-order valence-corrected chi connectivity index (χ2v) is 13.7. The number of benzene rings is 2. The van der Waals surface area contributed by atoms with Crippen LogP contribution < -0.4 is 11.1 Å². The number of aryl methyl sites for hydroxylation is 1. The fraction of sp³-hybridized carbons (Fsp3) is 0.357. The molecule has 2 fully saturated rings. The van der Waals surface area contributed by atoms with Gasteiger partial charge >= 0.3 is 0 Å². The van der Waals surface area contributed by atoms with Crippen LogP contribution in [0.5, 0.6) is 0 Å². The van der Waals surface area contributed by atoms with Gasteiger partial charge in [0.15, 0.2) is 5.71 Å². The minimum absolute atomic E-state index is 0.0919. The number of imidazole rings is 1. The molecule has 39 heavy (non-hydrogen) atoms. The molecule has 3 aliphatic heterocycles. The number of carbonyl (C=O) groups is 1. The molecule has 0 spiro atoms. The van der Waals surface area contributed by atoms with Crippen LogP contribution >= 0.6 is 45.2 Å². The summed E-state index contributed by atoms with van der Waals surface area (Å²) in [6.45, 7) is 3.14. The van der Waals surface area contributed by atoms with Crippen LogP contribution in [0, 0.1) is 23.1 Å². The number of nitrogens with zero attached hydrogens (tertiary/aromatic N) is 5. The molecule has 1 aliphatic carbocycles. The fourth-order valence-electron chi connectivity index (χ4n) is 5.97. The van der Waals surface area contributed by atoms with Crippen LogP contribution in [0.25, 0.3) is 22.8 Å². The maximum Gasteiger partial charge on any atom is 0.255 e. The summed E-state index contributed by atoms with van der Waals surface area (Å²) in [5, 5.41) is 13.1. The highest BCUT2D eigenvalue weighted by atomic mass is 127. The molecule has 0 radical (unpaired) electrons. The Hall–Kier alpha value is -2.57. The van der Waals surface area contributed by atoms with E-state index in [0.29, 0.717) is 41.4 Å². The third kappa shape index (κ3) is 3.70. The number of alkyl halides is 2. The number of fused-ring (bicyclic) bond motifs is 1. The Morgan fingerprint density at radius 2 is 2.08 bits per heavy atom. The van der Waals surface area contributed by atoms with Crippen molar-refractivity contribution in [3.63, 3.8) is 0 Å². The number of nitrogens with two attached hydrogens (primary N) is 1. The molecule has 0 unspecified atom stereocenters. The number of rotatable bonds is 3. The van der Waals surface area contributed by atoms with E-state index in [1.54, 1.807) is 15.5 Å². The monoisotopic (exact) mass is 748 g/mol. The van der Waals surface area contributed by atoms with E-state index in [4.69, 9.17) is 10.7 Å². The zero-order valence-electron chi connectivity index (χ0n) is 21.3. The summed E-state index contributed by atoms with van der Waals surface area (Å²) in [6, 6.07) is 9.02. The van der Waals surface area contributed by atoms with Crippen molar-refractivity contribution in [2.24, 2.45) is 18.7 Å². The lowest BCUT2D eigenvalue weighted by atomic mass is 10.0. The van der Waals surface area contributed by atoms with Crippen molar-refractivity contribution in [2.75, 3.05) is 18.4 Å². The van der Waals surface area contributed by atoms with E-state index in [1.807, 2.05) is 32.2 Å². The van der Waals surface area contributed by atoms with E-state index in [0.717, 1.165) is 35.5 Å². The molecule has 1 amide bonds. The van der Waals surface area contributed by atoms with Gasteiger partial charge in [0.05, 0.1) is 34.8 Å². The van der Waals surface area contributed by atoms with Crippen LogP contribution in [0.15, 0.2) is 24.3 Å². The molecule has 0 bridgehead atoms. The first-order valence-corrected chi connectivity index (χ1v) is 15.3. The molecule has 3 N–H and O–H groups in total. The van der Waals surface area contributed by atoms with Gasteiger partial charge in [0, 0.05) is 35.1 Å². The van der Waals surface area contributed by atoms with Gasteiger partial charge in [-0.3, -0.25) is 4.79 Å². The van der Waals surface area contributed by atoms with Crippen LogP contribution in [-0.2, 0) is 7.05 Å². The van der Waals surface area contributed by atoms with Crippen molar-refractivity contribution in [1.29, 1.82) is 5.26 Å². The molecule has 2 aromatic carbocycles. The Labute approximate surface area is 252 Å². The molecule has 1 saturated heterocycles. The predicted octanol–water partition coefficient (Wildman–Crippen LogP) is 4.75. The van der Waals surface area contributed by atoms with Gasteiger partial charge in [0.25, 0.3) is 11.6 Å². The number of aromatic nitrogens is 2. The fourth-order valence-corrected chi connectivity index (χ4v) is 8.33. The molecule has 198 valence electrons. The average Bonchev–Trinajstić information content (AvgIpc) is 3.56. The maximum atomic E-state index is 15.7. The first-order chi connectivity index (χ1) is 18.6. The highest BCUT2D eigenvalue weighted by Crippen LogP contribution is 2.47. The van der Waals surface area contributed by atoms with Crippen molar-refractivity contribution in [3.8, 4) is 6.07 Å². The van der Waals surface area contributed by atoms with Gasteiger partial charge in [-0.2, -0.15) is 9.84 Å². The summed E-state index contributed by atoms with van der Waals surface area (Å²) < 4.78 is 19.6. The summed E-state index contributed by atoms with van der Waals surface area (Å²) in [7, 11) is 1.81. The Bertz CT molecular complexity index is 1730. The van der Waals surface area contributed by atoms with E-state index < -0.39 is 11.4 Å². The third-order valence-electron chi connectivity index (χ3n) is 8.30. The maximum absolute atomic E-state index is 15.7. The van der Waals surface area contributed by atoms with Crippen LogP contribution in [0.3, 0.4) is 0 Å². The van der Waals surface area contributed by atoms with E-state index in [-0.39, 0.29) is 19.4 Å². The summed E-state index contributed by atoms with van der Waals surface area (Å²) in [4.78, 5) is 20.1. The molecular formula is C28H25FI2N7O+. The molecule has 1 saturated carbocycles. The van der Waals surface area contributed by atoms with Crippen molar-refractivity contribution < 1.29 is 13.8 Å². The van der Waals surface area contributed by atoms with Gasteiger partial charge in [-0.05, 0) is 44.0 Å². The molecule has 4 aliphatic rings.